The minimum absolute atomic E-state index is 0.204. The minimum atomic E-state index is -1.58. The molecular formula is C94H136N5O12P5Si4. The molecule has 26 heteroatoms. The van der Waals surface area contributed by atoms with Crippen LogP contribution in [0.3, 0.4) is 0 Å². The summed E-state index contributed by atoms with van der Waals surface area (Å²) in [5.74, 6) is 6.16. The molecule has 0 fully saturated rings. The van der Waals surface area contributed by atoms with Gasteiger partial charge in [0.1, 0.15) is 28.7 Å². The Balaban J connectivity index is 0.000000233. The van der Waals surface area contributed by atoms with Crippen molar-refractivity contribution in [2.24, 2.45) is 0 Å². The van der Waals surface area contributed by atoms with Gasteiger partial charge in [-0.25, -0.2) is 0 Å². The summed E-state index contributed by atoms with van der Waals surface area (Å²) in [7, 11) is 18.3. The molecule has 650 valence electrons. The number of benzene rings is 10. The van der Waals surface area contributed by atoms with Crippen molar-refractivity contribution < 1.29 is 56.8 Å². The summed E-state index contributed by atoms with van der Waals surface area (Å²) in [5, 5.41) is 34.7. The van der Waals surface area contributed by atoms with Gasteiger partial charge in [0.05, 0.1) is 46.5 Å². The third-order valence-corrected chi connectivity index (χ3v) is 33.8. The number of hydrogen-bond donors (Lipinski definition) is 5. The lowest BCUT2D eigenvalue weighted by Gasteiger charge is -2.28. The fraction of sp³-hybridized carbons (Fsp3) is 0.362. The molecule has 5 atom stereocenters. The maximum atomic E-state index is 6.20. The molecule has 0 saturated carbocycles. The Morgan fingerprint density at radius 2 is 0.550 bits per heavy atom. The lowest BCUT2D eigenvalue weighted by molar-refractivity contribution is 0.0499. The van der Waals surface area contributed by atoms with Crippen molar-refractivity contribution in [2.45, 2.75) is 111 Å². The summed E-state index contributed by atoms with van der Waals surface area (Å²) in [6, 6.07) is 72.7. The Labute approximate surface area is 732 Å². The summed E-state index contributed by atoms with van der Waals surface area (Å²) in [4.78, 5) is 0. The van der Waals surface area contributed by atoms with E-state index in [9.17, 15) is 0 Å². The summed E-state index contributed by atoms with van der Waals surface area (Å²) in [5.41, 5.74) is 6.63. The van der Waals surface area contributed by atoms with Crippen molar-refractivity contribution in [3.63, 3.8) is 0 Å². The molecule has 10 aromatic rings. The Morgan fingerprint density at radius 3 is 0.908 bits per heavy atom. The largest absolute Gasteiger partial charge is 0.497 e. The van der Waals surface area contributed by atoms with Gasteiger partial charge < -0.3 is 83.4 Å². The maximum Gasteiger partial charge on any atom is 0.188 e. The molecule has 120 heavy (non-hydrogen) atoms. The van der Waals surface area contributed by atoms with Crippen molar-refractivity contribution in [3.05, 3.63) is 234 Å². The summed E-state index contributed by atoms with van der Waals surface area (Å²) in [6.45, 7) is 34.3. The molecule has 17 nitrogen and oxygen atoms in total. The third-order valence-electron chi connectivity index (χ3n) is 18.7. The first-order chi connectivity index (χ1) is 57.6. The zero-order valence-corrected chi connectivity index (χ0v) is 84.6. The molecule has 0 saturated heterocycles. The highest BCUT2D eigenvalue weighted by Crippen LogP contribution is 2.32. The van der Waals surface area contributed by atoms with Gasteiger partial charge in [-0.15, -0.1) is 0 Å². The number of methoxy groups -OCH3 is 7. The molecule has 10 rings (SSSR count). The van der Waals surface area contributed by atoms with Crippen LogP contribution in [-0.4, -0.2) is 151 Å². The summed E-state index contributed by atoms with van der Waals surface area (Å²) >= 11 is 0. The molecule has 10 aromatic carbocycles. The molecular weight excluding hydrogens is 1660 g/mol. The van der Waals surface area contributed by atoms with Gasteiger partial charge in [0.25, 0.3) is 0 Å². The maximum absolute atomic E-state index is 6.20. The van der Waals surface area contributed by atoms with Gasteiger partial charge in [-0.2, -0.15) is 0 Å². The molecule has 0 bridgehead atoms. The molecule has 0 spiro atoms. The van der Waals surface area contributed by atoms with Gasteiger partial charge in [-0.05, 0) is 130 Å². The first-order valence-corrected chi connectivity index (χ1v) is 59.5. The third kappa shape index (κ3) is 33.5. The van der Waals surface area contributed by atoms with Crippen molar-refractivity contribution >= 4 is 149 Å². The number of nitrogens with one attached hydrogen (secondary N) is 5. The normalized spacial score (nSPS) is 11.8. The summed E-state index contributed by atoms with van der Waals surface area (Å²) < 4.78 is 65.7. The predicted molar refractivity (Wildman–Crippen MR) is 534 cm³/mol. The van der Waals surface area contributed by atoms with Crippen LogP contribution in [0.5, 0.6) is 40.2 Å². The van der Waals surface area contributed by atoms with Gasteiger partial charge in [-0.1, -0.05) is 308 Å². The second kappa shape index (κ2) is 53.6. The van der Waals surface area contributed by atoms with E-state index in [4.69, 9.17) is 56.8 Å². The zero-order valence-electron chi connectivity index (χ0n) is 75.6. The first-order valence-electron chi connectivity index (χ1n) is 40.5. The molecule has 0 aliphatic carbocycles. The molecule has 0 heterocycles. The van der Waals surface area contributed by atoms with Gasteiger partial charge in [0.2, 0.25) is 0 Å². The molecule has 5 N–H and O–H groups in total. The van der Waals surface area contributed by atoms with E-state index >= 15 is 0 Å². The van der Waals surface area contributed by atoms with Crippen molar-refractivity contribution in [1.29, 1.82) is 0 Å². The van der Waals surface area contributed by atoms with E-state index in [1.165, 1.54) is 91.0 Å². The van der Waals surface area contributed by atoms with Gasteiger partial charge in [0, 0.05) is 94.8 Å². The first kappa shape index (κ1) is 102. The van der Waals surface area contributed by atoms with Crippen LogP contribution in [0.1, 0.15) is 27.8 Å². The Kier molecular flexibility index (Phi) is 45.6. The van der Waals surface area contributed by atoms with Crippen LogP contribution in [0, 0.1) is 0 Å². The van der Waals surface area contributed by atoms with Crippen LogP contribution < -0.4 is 134 Å². The van der Waals surface area contributed by atoms with Crippen molar-refractivity contribution in [2.75, 3.05) is 119 Å². The average Bonchev–Trinajstić information content (AvgIpc) is 0.777. The molecule has 0 radical (unpaired) electrons. The van der Waals surface area contributed by atoms with Crippen LogP contribution >= 0.6 is 42.9 Å². The van der Waals surface area contributed by atoms with E-state index in [1.54, 1.807) is 49.8 Å². The Bertz CT molecular complexity index is 4600. The van der Waals surface area contributed by atoms with Crippen LogP contribution in [0.4, 0.5) is 0 Å². The van der Waals surface area contributed by atoms with E-state index in [0.29, 0.717) is 49.7 Å². The predicted octanol–water partition coefficient (Wildman–Crippen LogP) is 12.3. The lowest BCUT2D eigenvalue weighted by Crippen LogP contribution is -2.48. The van der Waals surface area contributed by atoms with Crippen LogP contribution in [0.15, 0.2) is 206 Å². The van der Waals surface area contributed by atoms with Crippen LogP contribution in [-0.2, 0) is 56.4 Å². The van der Waals surface area contributed by atoms with Crippen LogP contribution in [0.25, 0.3) is 0 Å². The molecule has 0 aromatic heterocycles. The van der Waals surface area contributed by atoms with E-state index < -0.39 is 32.3 Å². The van der Waals surface area contributed by atoms with Crippen molar-refractivity contribution in [3.8, 4) is 40.2 Å². The second-order valence-electron chi connectivity index (χ2n) is 32.3. The smallest absolute Gasteiger partial charge is 0.188 e. The lowest BCUT2D eigenvalue weighted by atomic mass is 10.2. The quantitative estimate of drug-likeness (QED) is 0.0139. The number of para-hydroxylation sites is 2. The van der Waals surface area contributed by atoms with E-state index in [0.717, 1.165) is 83.6 Å². The van der Waals surface area contributed by atoms with E-state index in [1.807, 2.05) is 65.6 Å². The molecule has 5 unspecified atom stereocenters. The van der Waals surface area contributed by atoms with Crippen molar-refractivity contribution in [1.82, 2.24) is 26.6 Å². The van der Waals surface area contributed by atoms with E-state index in [-0.39, 0.29) is 27.2 Å². The highest BCUT2D eigenvalue weighted by Gasteiger charge is 2.30. The van der Waals surface area contributed by atoms with Gasteiger partial charge >= 0.3 is 0 Å². The standard InChI is InChI=1S/C22H36NO2PSi2.2C19H28NO2PSi.2C17H22NO3P/c1-23-15-17-11-9-10-12-19(17)26-20-13-18(27(3,4)5)14-21(28(6,7)8)22(20)25-16-24-2;1-20-13-15-9-6-7-10-16(15)23-17-11-8-12-18(24(3,4)5)19(17)22-14-21-2;1-20-13-15-8-6-7-9-18(15)23-19-12-16(24(3,4)5)10-11-17(19)22-14-21-2;1-18-11-13-7-4-5-9-15(13)22-16-10-6-8-14(20-3)17(16)21-12-19-2;1-18-11-13-6-4-5-7-16(13)22-17-10-14(20-3)8-9-15(17)21-12-19-2/h9-14,23,26H,15-16H2,1-8H3;2*6-12,20,23H,13-14H2,1-5H3;2*4-10,18,22H,11-12H2,1-3H3. The minimum Gasteiger partial charge on any atom is -0.497 e. The molecule has 0 aliphatic rings. The second-order valence-corrected chi connectivity index (χ2v) is 59.2. The number of rotatable bonds is 41. The fourth-order valence-electron chi connectivity index (χ4n) is 12.5. The van der Waals surface area contributed by atoms with Gasteiger partial charge in [0.15, 0.2) is 45.5 Å². The topological polar surface area (TPSA) is 171 Å². The Hall–Kier alpha value is -6.58. The Morgan fingerprint density at radius 1 is 0.242 bits per heavy atom. The SMILES string of the molecule is CNCc1ccccc1Pc1cc(OC)ccc1OCOC.CNCc1ccccc1Pc1cc([Si](C)(C)C)cc([Si](C)(C)C)c1OCOC.CNCc1ccccc1Pc1cc([Si](C)(C)C)ccc1OCOC.CNCc1ccccc1Pc1cccc(OC)c1OCOC.CNCc1ccccc1Pc1cccc([Si](C)(C)C)c1OCOC. The number of ether oxygens (including phenoxy) is 12. The molecule has 0 aliphatic heterocycles. The summed E-state index contributed by atoms with van der Waals surface area (Å²) in [6.07, 6.45) is 0. The number of hydrogen-bond acceptors (Lipinski definition) is 17. The highest BCUT2D eigenvalue weighted by molar-refractivity contribution is 7.57. The van der Waals surface area contributed by atoms with Gasteiger partial charge in [-0.3, -0.25) is 0 Å². The van der Waals surface area contributed by atoms with E-state index in [2.05, 4.69) is 281 Å². The molecule has 0 amide bonds. The monoisotopic (exact) mass is 1790 g/mol. The zero-order chi connectivity index (χ0) is 87.7. The van der Waals surface area contributed by atoms with Crippen LogP contribution in [0.2, 0.25) is 78.6 Å². The average molecular weight is 1800 g/mol. The highest BCUT2D eigenvalue weighted by atomic mass is 31.1. The fourth-order valence-corrected chi connectivity index (χ4v) is 25.0.